The van der Waals surface area contributed by atoms with E-state index in [9.17, 15) is 22.0 Å². The third kappa shape index (κ3) is 3.27. The highest BCUT2D eigenvalue weighted by Crippen LogP contribution is 2.34. The van der Waals surface area contributed by atoms with Crippen LogP contribution in [0, 0.1) is 11.6 Å². The summed E-state index contributed by atoms with van der Waals surface area (Å²) in [6.07, 6.45) is 0. The fourth-order valence-electron chi connectivity index (χ4n) is 2.78. The van der Waals surface area contributed by atoms with Crippen molar-refractivity contribution in [2.45, 2.75) is 30.7 Å². The predicted molar refractivity (Wildman–Crippen MR) is 88.6 cm³/mol. The Morgan fingerprint density at radius 2 is 1.88 bits per heavy atom. The van der Waals surface area contributed by atoms with E-state index in [-0.39, 0.29) is 16.4 Å². The Kier molecular flexibility index (Phi) is 4.34. The quantitative estimate of drug-likeness (QED) is 0.873. The Labute approximate surface area is 144 Å². The highest BCUT2D eigenvalue weighted by Gasteiger charge is 2.29. The second-order valence-electron chi connectivity index (χ2n) is 5.97. The third-order valence-corrected chi connectivity index (χ3v) is 5.75. The number of benzene rings is 2. The first-order valence-corrected chi connectivity index (χ1v) is 9.09. The lowest BCUT2D eigenvalue weighted by Crippen LogP contribution is -2.27. The molecule has 1 amide bonds. The molecule has 132 valence electrons. The molecule has 0 radical (unpaired) electrons. The molecule has 0 spiro atoms. The minimum absolute atomic E-state index is 0.0241. The van der Waals surface area contributed by atoms with Crippen LogP contribution in [-0.2, 0) is 14.8 Å². The van der Waals surface area contributed by atoms with Gasteiger partial charge in [-0.05, 0) is 43.7 Å². The summed E-state index contributed by atoms with van der Waals surface area (Å²) in [6.45, 7) is 3.15. The third-order valence-electron chi connectivity index (χ3n) is 4.21. The molecule has 0 fully saturated rings. The number of anilines is 1. The Bertz CT molecular complexity index is 960. The Balaban J connectivity index is 1.89. The lowest BCUT2D eigenvalue weighted by molar-refractivity contribution is -0.116. The summed E-state index contributed by atoms with van der Waals surface area (Å²) < 4.78 is 54.3. The van der Waals surface area contributed by atoms with Crippen LogP contribution in [0.15, 0.2) is 41.3 Å². The van der Waals surface area contributed by atoms with Crippen LogP contribution in [0.3, 0.4) is 0 Å². The van der Waals surface area contributed by atoms with Crippen LogP contribution in [0.1, 0.15) is 36.9 Å². The van der Waals surface area contributed by atoms with E-state index in [1.165, 1.54) is 31.2 Å². The van der Waals surface area contributed by atoms with E-state index in [0.717, 1.165) is 6.07 Å². The molecule has 2 atom stereocenters. The van der Waals surface area contributed by atoms with Gasteiger partial charge in [-0.15, -0.1) is 0 Å². The summed E-state index contributed by atoms with van der Waals surface area (Å²) in [6, 6.07) is 6.39. The molecule has 2 N–H and O–H groups in total. The average Bonchev–Trinajstić information content (AvgIpc) is 2.81. The van der Waals surface area contributed by atoms with Gasteiger partial charge in [0.05, 0.1) is 10.8 Å². The first-order chi connectivity index (χ1) is 11.7. The maximum atomic E-state index is 13.8. The highest BCUT2D eigenvalue weighted by molar-refractivity contribution is 7.89. The number of carbonyl (C=O) groups excluding carboxylic acids is 1. The monoisotopic (exact) mass is 366 g/mol. The van der Waals surface area contributed by atoms with Crippen LogP contribution in [0.2, 0.25) is 0 Å². The summed E-state index contributed by atoms with van der Waals surface area (Å²) in [5.74, 6) is -2.20. The van der Waals surface area contributed by atoms with Gasteiger partial charge in [0.25, 0.3) is 0 Å². The minimum atomic E-state index is -3.95. The van der Waals surface area contributed by atoms with Gasteiger partial charge >= 0.3 is 0 Å². The molecule has 1 heterocycles. The normalized spacial score (nSPS) is 17.9. The molecule has 0 unspecified atom stereocenters. The van der Waals surface area contributed by atoms with Gasteiger partial charge in [-0.3, -0.25) is 4.79 Å². The van der Waals surface area contributed by atoms with Crippen molar-refractivity contribution in [3.05, 3.63) is 59.2 Å². The van der Waals surface area contributed by atoms with Crippen LogP contribution < -0.4 is 10.0 Å². The van der Waals surface area contributed by atoms with Crippen molar-refractivity contribution in [2.24, 2.45) is 0 Å². The average molecular weight is 366 g/mol. The fraction of sp³-hybridized carbons (Fsp3) is 0.235. The summed E-state index contributed by atoms with van der Waals surface area (Å²) >= 11 is 0. The maximum absolute atomic E-state index is 13.8. The van der Waals surface area contributed by atoms with Crippen LogP contribution >= 0.6 is 0 Å². The second-order valence-corrected chi connectivity index (χ2v) is 7.68. The second kappa shape index (κ2) is 6.20. The molecule has 2 aromatic rings. The van der Waals surface area contributed by atoms with E-state index in [1.807, 2.05) is 0 Å². The number of nitrogens with one attached hydrogen (secondary N) is 2. The van der Waals surface area contributed by atoms with Gasteiger partial charge in [0, 0.05) is 23.4 Å². The van der Waals surface area contributed by atoms with Crippen molar-refractivity contribution in [2.75, 3.05) is 5.32 Å². The molecule has 0 bridgehead atoms. The van der Waals surface area contributed by atoms with Crippen LogP contribution in [0.5, 0.6) is 0 Å². The van der Waals surface area contributed by atoms with Gasteiger partial charge in [-0.25, -0.2) is 21.9 Å². The van der Waals surface area contributed by atoms with Gasteiger partial charge in [-0.2, -0.15) is 0 Å². The Hall–Kier alpha value is -2.32. The van der Waals surface area contributed by atoms with Crippen molar-refractivity contribution >= 4 is 21.6 Å². The summed E-state index contributed by atoms with van der Waals surface area (Å²) in [4.78, 5) is 11.6. The van der Waals surface area contributed by atoms with Crippen LogP contribution in [0.25, 0.3) is 0 Å². The van der Waals surface area contributed by atoms with E-state index in [0.29, 0.717) is 17.3 Å². The van der Waals surface area contributed by atoms with E-state index in [2.05, 4.69) is 10.0 Å². The highest BCUT2D eigenvalue weighted by atomic mass is 32.2. The summed E-state index contributed by atoms with van der Waals surface area (Å²) in [5, 5.41) is 2.67. The zero-order chi connectivity index (χ0) is 18.4. The number of hydrogen-bond donors (Lipinski definition) is 2. The van der Waals surface area contributed by atoms with Crippen molar-refractivity contribution in [1.82, 2.24) is 4.72 Å². The molecule has 5 nitrogen and oxygen atoms in total. The number of halogens is 2. The molecular weight excluding hydrogens is 350 g/mol. The molecular formula is C17H16F2N2O3S. The van der Waals surface area contributed by atoms with Gasteiger partial charge < -0.3 is 5.32 Å². The number of fused-ring (bicyclic) bond motifs is 1. The Morgan fingerprint density at radius 3 is 2.56 bits per heavy atom. The molecule has 0 aromatic heterocycles. The molecule has 0 saturated carbocycles. The standard InChI is InChI=1S/C17H16F2N2O3S/c1-9-14-8-12(4-6-16(14)20-17(9)22)25(23,24)21-10(2)13-5-3-11(18)7-15(13)19/h3-10,21H,1-2H3,(H,20,22)/t9-,10+/m1/s1. The van der Waals surface area contributed by atoms with Gasteiger partial charge in [-0.1, -0.05) is 6.07 Å². The topological polar surface area (TPSA) is 75.3 Å². The molecule has 8 heteroatoms. The molecule has 1 aliphatic rings. The van der Waals surface area contributed by atoms with Crippen molar-refractivity contribution in [1.29, 1.82) is 0 Å². The first kappa shape index (κ1) is 17.5. The van der Waals surface area contributed by atoms with Crippen LogP contribution in [-0.4, -0.2) is 14.3 Å². The summed E-state index contributed by atoms with van der Waals surface area (Å²) in [7, 11) is -3.95. The molecule has 25 heavy (non-hydrogen) atoms. The first-order valence-electron chi connectivity index (χ1n) is 7.61. The molecule has 0 aliphatic carbocycles. The van der Waals surface area contributed by atoms with Crippen LogP contribution in [0.4, 0.5) is 14.5 Å². The lowest BCUT2D eigenvalue weighted by atomic mass is 10.0. The van der Waals surface area contributed by atoms with Crippen molar-refractivity contribution in [3.8, 4) is 0 Å². The lowest BCUT2D eigenvalue weighted by Gasteiger charge is -2.16. The molecule has 3 rings (SSSR count). The Morgan fingerprint density at radius 1 is 1.16 bits per heavy atom. The van der Waals surface area contributed by atoms with Crippen molar-refractivity contribution in [3.63, 3.8) is 0 Å². The minimum Gasteiger partial charge on any atom is -0.325 e. The van der Waals surface area contributed by atoms with E-state index >= 15 is 0 Å². The van der Waals surface area contributed by atoms with E-state index in [4.69, 9.17) is 0 Å². The van der Waals surface area contributed by atoms with E-state index in [1.54, 1.807) is 6.92 Å². The summed E-state index contributed by atoms with van der Waals surface area (Å²) in [5.41, 5.74) is 1.21. The number of hydrogen-bond acceptors (Lipinski definition) is 3. The van der Waals surface area contributed by atoms with Crippen molar-refractivity contribution < 1.29 is 22.0 Å². The number of carbonyl (C=O) groups is 1. The SMILES string of the molecule is C[C@H](NS(=O)(=O)c1ccc2c(c1)[C@@H](C)C(=O)N2)c1ccc(F)cc1F. The van der Waals surface area contributed by atoms with Gasteiger partial charge in [0.2, 0.25) is 15.9 Å². The zero-order valence-electron chi connectivity index (χ0n) is 13.5. The maximum Gasteiger partial charge on any atom is 0.241 e. The number of rotatable bonds is 4. The van der Waals surface area contributed by atoms with E-state index < -0.39 is 33.6 Å². The fourth-order valence-corrected chi connectivity index (χ4v) is 4.04. The molecule has 1 aliphatic heterocycles. The smallest absolute Gasteiger partial charge is 0.241 e. The number of amides is 1. The molecule has 0 saturated heterocycles. The largest absolute Gasteiger partial charge is 0.325 e. The van der Waals surface area contributed by atoms with Gasteiger partial charge in [0.15, 0.2) is 0 Å². The van der Waals surface area contributed by atoms with Gasteiger partial charge in [0.1, 0.15) is 11.6 Å². The number of sulfonamides is 1. The zero-order valence-corrected chi connectivity index (χ0v) is 14.3. The predicted octanol–water partition coefficient (Wildman–Crippen LogP) is 3.06. The molecule has 2 aromatic carbocycles.